The number of para-hydroxylation sites is 1. The number of nitrogens with one attached hydrogen (secondary N) is 2. The summed E-state index contributed by atoms with van der Waals surface area (Å²) in [7, 11) is 0. The van der Waals surface area contributed by atoms with E-state index in [9.17, 15) is 18.4 Å². The van der Waals surface area contributed by atoms with E-state index in [4.69, 9.17) is 0 Å². The summed E-state index contributed by atoms with van der Waals surface area (Å²) in [5.41, 5.74) is 3.37. The lowest BCUT2D eigenvalue weighted by molar-refractivity contribution is -0.128. The molecular formula is C32H40F2N6O2. The quantitative estimate of drug-likeness (QED) is 0.392. The molecule has 1 saturated heterocycles. The second kappa shape index (κ2) is 13.6. The predicted octanol–water partition coefficient (Wildman–Crippen LogP) is 4.46. The van der Waals surface area contributed by atoms with E-state index in [1.807, 2.05) is 40.8 Å². The Morgan fingerprint density at radius 1 is 1.12 bits per heavy atom. The standard InChI is InChI=1S/C32H40F2N6O2/c1-3-7-29(36-26-11-10-23-16-25(33)17-28(34)27(23)18-26)32(42)37-31-20-40(21-35-31)30-9-5-4-8-24(30)19-38-12-6-13-39(15-14-38)22(2)41/h4-5,8-9,16-17,20-21,26,29,36H,3,6-7,10-15,18-19H2,1-2H3,(H,37,42)/t26-,29-/m0/s1. The number of carbonyl (C=O) groups is 2. The van der Waals surface area contributed by atoms with E-state index in [2.05, 4.69) is 26.6 Å². The van der Waals surface area contributed by atoms with Gasteiger partial charge in [0.1, 0.15) is 18.0 Å². The fraction of sp³-hybridized carbons (Fsp3) is 0.469. The summed E-state index contributed by atoms with van der Waals surface area (Å²) in [6.45, 7) is 7.66. The molecule has 42 heavy (non-hydrogen) atoms. The van der Waals surface area contributed by atoms with Crippen LogP contribution in [0.3, 0.4) is 0 Å². The van der Waals surface area contributed by atoms with Crippen LogP contribution in [0.4, 0.5) is 14.6 Å². The van der Waals surface area contributed by atoms with Gasteiger partial charge in [0, 0.05) is 51.8 Å². The average molecular weight is 579 g/mol. The Kier molecular flexibility index (Phi) is 9.64. The van der Waals surface area contributed by atoms with Crippen molar-refractivity contribution in [3.8, 4) is 5.69 Å². The molecule has 10 heteroatoms. The summed E-state index contributed by atoms with van der Waals surface area (Å²) in [5.74, 6) is -0.671. The zero-order valence-electron chi connectivity index (χ0n) is 24.4. The average Bonchev–Trinajstić information content (AvgIpc) is 3.29. The van der Waals surface area contributed by atoms with Crippen molar-refractivity contribution in [2.75, 3.05) is 31.5 Å². The third-order valence-corrected chi connectivity index (χ3v) is 8.33. The molecule has 224 valence electrons. The van der Waals surface area contributed by atoms with Gasteiger partial charge >= 0.3 is 0 Å². The van der Waals surface area contributed by atoms with Crippen LogP contribution in [0, 0.1) is 11.6 Å². The van der Waals surface area contributed by atoms with Crippen molar-refractivity contribution in [1.82, 2.24) is 24.7 Å². The van der Waals surface area contributed by atoms with Gasteiger partial charge in [-0.15, -0.1) is 0 Å². The fourth-order valence-electron chi connectivity index (χ4n) is 6.11. The number of aryl methyl sites for hydroxylation is 1. The number of carbonyl (C=O) groups excluding carboxylic acids is 2. The number of rotatable bonds is 9. The van der Waals surface area contributed by atoms with Gasteiger partial charge in [-0.05, 0) is 60.9 Å². The largest absolute Gasteiger partial charge is 0.342 e. The van der Waals surface area contributed by atoms with Gasteiger partial charge in [-0.2, -0.15) is 0 Å². The van der Waals surface area contributed by atoms with Gasteiger partial charge in [-0.25, -0.2) is 13.8 Å². The van der Waals surface area contributed by atoms with Crippen LogP contribution in [-0.4, -0.2) is 69.4 Å². The van der Waals surface area contributed by atoms with Crippen LogP contribution >= 0.6 is 0 Å². The van der Waals surface area contributed by atoms with Crippen LogP contribution < -0.4 is 10.6 Å². The summed E-state index contributed by atoms with van der Waals surface area (Å²) in [6, 6.07) is 9.95. The van der Waals surface area contributed by atoms with E-state index in [1.165, 1.54) is 6.07 Å². The fourth-order valence-corrected chi connectivity index (χ4v) is 6.11. The molecule has 5 rings (SSSR count). The molecule has 1 aliphatic carbocycles. The maximum Gasteiger partial charge on any atom is 0.242 e. The van der Waals surface area contributed by atoms with Crippen LogP contribution in [0.5, 0.6) is 0 Å². The van der Waals surface area contributed by atoms with Crippen molar-refractivity contribution >= 4 is 17.6 Å². The number of aromatic nitrogens is 2. The van der Waals surface area contributed by atoms with E-state index < -0.39 is 17.7 Å². The summed E-state index contributed by atoms with van der Waals surface area (Å²) >= 11 is 0. The summed E-state index contributed by atoms with van der Waals surface area (Å²) < 4.78 is 30.0. The molecule has 2 atom stereocenters. The molecule has 2 amide bonds. The first-order valence-electron chi connectivity index (χ1n) is 14.9. The van der Waals surface area contributed by atoms with Crippen LogP contribution in [-0.2, 0) is 29.0 Å². The highest BCUT2D eigenvalue weighted by Gasteiger charge is 2.27. The minimum Gasteiger partial charge on any atom is -0.342 e. The summed E-state index contributed by atoms with van der Waals surface area (Å²) in [6.07, 6.45) is 7.59. The normalized spacial score (nSPS) is 18.3. The van der Waals surface area contributed by atoms with E-state index in [1.54, 1.807) is 13.3 Å². The van der Waals surface area contributed by atoms with Crippen LogP contribution in [0.15, 0.2) is 48.9 Å². The molecule has 2 aromatic carbocycles. The molecule has 0 saturated carbocycles. The molecule has 2 heterocycles. The Morgan fingerprint density at radius 3 is 2.76 bits per heavy atom. The molecule has 0 radical (unpaired) electrons. The number of amides is 2. The van der Waals surface area contributed by atoms with Crippen molar-refractivity contribution in [3.05, 3.63) is 77.2 Å². The third-order valence-electron chi connectivity index (χ3n) is 8.33. The van der Waals surface area contributed by atoms with Crippen LogP contribution in [0.2, 0.25) is 0 Å². The monoisotopic (exact) mass is 578 g/mol. The minimum atomic E-state index is -0.550. The lowest BCUT2D eigenvalue weighted by Crippen LogP contribution is -2.48. The summed E-state index contributed by atoms with van der Waals surface area (Å²) in [4.78, 5) is 33.9. The molecule has 0 unspecified atom stereocenters. The maximum absolute atomic E-state index is 14.4. The van der Waals surface area contributed by atoms with Gasteiger partial charge in [0.15, 0.2) is 5.82 Å². The van der Waals surface area contributed by atoms with E-state index >= 15 is 0 Å². The lowest BCUT2D eigenvalue weighted by atomic mass is 9.87. The molecule has 1 aromatic heterocycles. The first kappa shape index (κ1) is 29.8. The number of fused-ring (bicyclic) bond motifs is 1. The maximum atomic E-state index is 14.4. The van der Waals surface area contributed by atoms with Crippen LogP contribution in [0.1, 0.15) is 56.2 Å². The molecule has 2 aliphatic rings. The van der Waals surface area contributed by atoms with Gasteiger partial charge in [0.05, 0.1) is 17.9 Å². The number of hydrogen-bond donors (Lipinski definition) is 2. The molecule has 1 fully saturated rings. The predicted molar refractivity (Wildman–Crippen MR) is 158 cm³/mol. The van der Waals surface area contributed by atoms with Crippen molar-refractivity contribution in [1.29, 1.82) is 0 Å². The third kappa shape index (κ3) is 7.22. The van der Waals surface area contributed by atoms with Gasteiger partial charge in [-0.3, -0.25) is 14.5 Å². The number of imidazole rings is 1. The molecular weight excluding hydrogens is 538 g/mol. The molecule has 0 spiro atoms. The Morgan fingerprint density at radius 2 is 1.95 bits per heavy atom. The molecule has 0 bridgehead atoms. The summed E-state index contributed by atoms with van der Waals surface area (Å²) in [5, 5.41) is 6.39. The van der Waals surface area contributed by atoms with E-state index in [0.29, 0.717) is 42.6 Å². The van der Waals surface area contributed by atoms with Crippen molar-refractivity contribution in [2.45, 2.75) is 71.0 Å². The number of benzene rings is 2. The Balaban J connectivity index is 1.23. The number of hydrogen-bond acceptors (Lipinski definition) is 5. The Bertz CT molecular complexity index is 1410. The van der Waals surface area contributed by atoms with E-state index in [-0.39, 0.29) is 17.9 Å². The Labute approximate surface area is 246 Å². The lowest BCUT2D eigenvalue weighted by Gasteiger charge is -2.29. The Hall–Kier alpha value is -3.63. The number of nitrogens with zero attached hydrogens (tertiary/aromatic N) is 4. The molecule has 3 aromatic rings. The van der Waals surface area contributed by atoms with Crippen molar-refractivity contribution < 1.29 is 18.4 Å². The SMILES string of the molecule is CCC[C@H](N[C@H]1CCc2cc(F)cc(F)c2C1)C(=O)Nc1cn(-c2ccccc2CN2CCCN(C(C)=O)CC2)cn1. The van der Waals surface area contributed by atoms with Crippen molar-refractivity contribution in [2.24, 2.45) is 0 Å². The highest BCUT2D eigenvalue weighted by Crippen LogP contribution is 2.26. The zero-order valence-corrected chi connectivity index (χ0v) is 24.4. The second-order valence-electron chi connectivity index (χ2n) is 11.4. The first-order valence-corrected chi connectivity index (χ1v) is 14.9. The first-order chi connectivity index (χ1) is 20.3. The molecule has 1 aliphatic heterocycles. The van der Waals surface area contributed by atoms with Gasteiger partial charge < -0.3 is 20.1 Å². The minimum absolute atomic E-state index is 0.0780. The number of halogens is 2. The molecule has 2 N–H and O–H groups in total. The van der Waals surface area contributed by atoms with E-state index in [0.717, 1.165) is 62.9 Å². The topological polar surface area (TPSA) is 82.5 Å². The van der Waals surface area contributed by atoms with Gasteiger partial charge in [-0.1, -0.05) is 31.5 Å². The van der Waals surface area contributed by atoms with Crippen molar-refractivity contribution in [3.63, 3.8) is 0 Å². The smallest absolute Gasteiger partial charge is 0.242 e. The number of anilines is 1. The van der Waals surface area contributed by atoms with Gasteiger partial charge in [0.25, 0.3) is 0 Å². The highest BCUT2D eigenvalue weighted by molar-refractivity contribution is 5.94. The zero-order chi connectivity index (χ0) is 29.6. The molecule has 8 nitrogen and oxygen atoms in total. The van der Waals surface area contributed by atoms with Crippen LogP contribution in [0.25, 0.3) is 5.69 Å². The second-order valence-corrected chi connectivity index (χ2v) is 11.4. The highest BCUT2D eigenvalue weighted by atomic mass is 19.1. The van der Waals surface area contributed by atoms with Gasteiger partial charge in [0.2, 0.25) is 11.8 Å².